The first-order chi connectivity index (χ1) is 13.1. The van der Waals surface area contributed by atoms with Crippen molar-refractivity contribution in [2.45, 2.75) is 59.7 Å². The maximum absolute atomic E-state index is 12.8. The average molecular weight is 418 g/mol. The summed E-state index contributed by atoms with van der Waals surface area (Å²) in [6.07, 6.45) is -1.07. The average Bonchev–Trinajstić information content (AvgIpc) is 2.97. The monoisotopic (exact) mass is 417 g/mol. The van der Waals surface area contributed by atoms with Crippen LogP contribution in [0.25, 0.3) is 11.3 Å². The van der Waals surface area contributed by atoms with Crippen LogP contribution in [0.5, 0.6) is 0 Å². The Bertz CT molecular complexity index is 829. The van der Waals surface area contributed by atoms with Gasteiger partial charge in [-0.25, -0.2) is 0 Å². The molecule has 0 aliphatic carbocycles. The summed E-state index contributed by atoms with van der Waals surface area (Å²) < 4.78 is 40.2. The summed E-state index contributed by atoms with van der Waals surface area (Å²) in [4.78, 5) is 20.5. The predicted octanol–water partition coefficient (Wildman–Crippen LogP) is 4.90. The molecule has 0 unspecified atom stereocenters. The normalized spacial score (nSPS) is 12.1. The van der Waals surface area contributed by atoms with Crippen molar-refractivity contribution in [1.29, 1.82) is 0 Å². The van der Waals surface area contributed by atoms with Crippen molar-refractivity contribution in [1.82, 2.24) is 14.8 Å². The molecular formula is C19H23ClF3N3O2. The van der Waals surface area contributed by atoms with E-state index in [1.165, 1.54) is 6.92 Å². The molecule has 154 valence electrons. The molecule has 0 amide bonds. The smallest absolute Gasteiger partial charge is 0.263 e. The van der Waals surface area contributed by atoms with Gasteiger partial charge in [0.05, 0.1) is 22.3 Å². The first-order valence-corrected chi connectivity index (χ1v) is 9.31. The largest absolute Gasteiger partial charge is 0.391 e. The molecule has 2 aromatic rings. The second-order valence-electron chi connectivity index (χ2n) is 6.20. The fourth-order valence-corrected chi connectivity index (χ4v) is 3.17. The first-order valence-electron chi connectivity index (χ1n) is 8.93. The quantitative estimate of drug-likeness (QED) is 0.670. The van der Waals surface area contributed by atoms with E-state index in [2.05, 4.69) is 10.1 Å². The van der Waals surface area contributed by atoms with E-state index in [0.717, 1.165) is 28.9 Å². The van der Waals surface area contributed by atoms with Gasteiger partial charge in [0.2, 0.25) is 0 Å². The topological polar surface area (TPSA) is 64.8 Å². The van der Waals surface area contributed by atoms with E-state index < -0.39 is 12.1 Å². The summed E-state index contributed by atoms with van der Waals surface area (Å²) in [5.41, 5.74) is 3.82. The first kappa shape index (κ1) is 23.9. The van der Waals surface area contributed by atoms with E-state index in [0.29, 0.717) is 23.7 Å². The molecule has 9 heteroatoms. The molecule has 0 saturated carbocycles. The Balaban J connectivity index is 0.00000122. The molecule has 28 heavy (non-hydrogen) atoms. The Labute approximate surface area is 166 Å². The lowest BCUT2D eigenvalue weighted by molar-refractivity contribution is -0.191. The Morgan fingerprint density at radius 2 is 1.82 bits per heavy atom. The molecule has 0 saturated heterocycles. The Hall–Kier alpha value is -2.18. The van der Waals surface area contributed by atoms with Crippen LogP contribution in [0.2, 0.25) is 5.02 Å². The number of hydrogen-bond acceptors (Lipinski definition) is 4. The highest BCUT2D eigenvalue weighted by Gasteiger charge is 2.36. The number of pyridine rings is 1. The van der Waals surface area contributed by atoms with Crippen LogP contribution in [-0.4, -0.2) is 27.1 Å². The molecule has 2 rings (SSSR count). The van der Waals surface area contributed by atoms with Gasteiger partial charge >= 0.3 is 12.3 Å². The maximum Gasteiger partial charge on any atom is 0.391 e. The van der Waals surface area contributed by atoms with Gasteiger partial charge in [-0.05, 0) is 31.4 Å². The van der Waals surface area contributed by atoms with Crippen LogP contribution in [0.1, 0.15) is 44.6 Å². The summed E-state index contributed by atoms with van der Waals surface area (Å²) in [6.45, 7) is 7.77. The molecule has 0 radical (unpaired) electrons. The minimum absolute atomic E-state index is 0.127. The zero-order valence-electron chi connectivity index (χ0n) is 16.2. The molecule has 0 fully saturated rings. The highest BCUT2D eigenvalue weighted by Crippen LogP contribution is 2.34. The van der Waals surface area contributed by atoms with Gasteiger partial charge in [-0.15, -0.1) is 0 Å². The van der Waals surface area contributed by atoms with E-state index in [1.807, 2.05) is 25.5 Å². The third-order valence-electron chi connectivity index (χ3n) is 4.35. The van der Waals surface area contributed by atoms with Gasteiger partial charge in [0.15, 0.2) is 0 Å². The molecule has 2 heterocycles. The third-order valence-corrected chi connectivity index (χ3v) is 4.75. The Kier molecular flexibility index (Phi) is 8.85. The summed E-state index contributed by atoms with van der Waals surface area (Å²) in [5, 5.41) is 5.10. The molecule has 0 aromatic carbocycles. The number of aromatic nitrogens is 3. The minimum Gasteiger partial charge on any atom is -0.263 e. The van der Waals surface area contributed by atoms with Crippen LogP contribution in [-0.2, 0) is 35.4 Å². The lowest BCUT2D eigenvalue weighted by Crippen LogP contribution is -2.22. The van der Waals surface area contributed by atoms with Crippen molar-refractivity contribution in [3.63, 3.8) is 0 Å². The molecule has 0 bridgehead atoms. The van der Waals surface area contributed by atoms with E-state index in [4.69, 9.17) is 21.2 Å². The second-order valence-corrected chi connectivity index (χ2v) is 6.57. The minimum atomic E-state index is -4.22. The summed E-state index contributed by atoms with van der Waals surface area (Å²) in [6, 6.07) is 1.76. The van der Waals surface area contributed by atoms with Gasteiger partial charge in [-0.2, -0.15) is 27.9 Å². The number of aryl methyl sites for hydroxylation is 3. The van der Waals surface area contributed by atoms with Crippen LogP contribution in [0.4, 0.5) is 13.2 Å². The van der Waals surface area contributed by atoms with Crippen LogP contribution in [0, 0.1) is 5.92 Å². The highest BCUT2D eigenvalue weighted by atomic mass is 35.5. The van der Waals surface area contributed by atoms with Crippen molar-refractivity contribution >= 4 is 17.8 Å². The summed E-state index contributed by atoms with van der Waals surface area (Å²) in [5.74, 6) is -1.42. The van der Waals surface area contributed by atoms with Gasteiger partial charge in [0, 0.05) is 30.4 Å². The van der Waals surface area contributed by atoms with E-state index in [9.17, 15) is 13.2 Å². The lowest BCUT2D eigenvalue weighted by Gasteiger charge is -2.16. The number of alkyl halides is 3. The lowest BCUT2D eigenvalue weighted by atomic mass is 9.99. The fourth-order valence-electron chi connectivity index (χ4n) is 2.79. The fraction of sp³-hybridized carbons (Fsp3) is 0.526. The molecule has 0 aliphatic rings. The van der Waals surface area contributed by atoms with Gasteiger partial charge in [-0.1, -0.05) is 32.4 Å². The van der Waals surface area contributed by atoms with E-state index >= 15 is 0 Å². The van der Waals surface area contributed by atoms with Crippen molar-refractivity contribution in [3.05, 3.63) is 34.2 Å². The third kappa shape index (κ3) is 5.66. The number of carbonyl (C=O) groups excluding carboxylic acids is 2. The summed E-state index contributed by atoms with van der Waals surface area (Å²) in [7, 11) is 0. The molecule has 5 nitrogen and oxygen atoms in total. The van der Waals surface area contributed by atoms with E-state index in [1.54, 1.807) is 12.3 Å². The standard InChI is InChI=1S/C18H23ClF3N3.CO2/c1-5-12-9-13(8-11(4)18(20,21)22)23-10-14(12)17-16(19)15(6-2)24-25(17)7-3;2-1-3/h9-11H,5-8H2,1-4H3;/t11-;/m1./s1. The molecule has 2 aromatic heterocycles. The second kappa shape index (κ2) is 10.4. The Morgan fingerprint density at radius 1 is 1.21 bits per heavy atom. The number of hydrogen-bond donors (Lipinski definition) is 0. The zero-order chi connectivity index (χ0) is 21.5. The summed E-state index contributed by atoms with van der Waals surface area (Å²) >= 11 is 6.50. The molecular weight excluding hydrogens is 395 g/mol. The van der Waals surface area contributed by atoms with Gasteiger partial charge in [0.25, 0.3) is 0 Å². The van der Waals surface area contributed by atoms with Crippen LogP contribution < -0.4 is 0 Å². The molecule has 0 aliphatic heterocycles. The van der Waals surface area contributed by atoms with Gasteiger partial charge < -0.3 is 0 Å². The zero-order valence-corrected chi connectivity index (χ0v) is 17.0. The highest BCUT2D eigenvalue weighted by molar-refractivity contribution is 6.33. The van der Waals surface area contributed by atoms with Crippen LogP contribution in [0.3, 0.4) is 0 Å². The number of rotatable bonds is 6. The maximum atomic E-state index is 12.8. The SMILES string of the molecule is CCc1cc(C[C@@H](C)C(F)(F)F)ncc1-c1c(Cl)c(CC)nn1CC.O=C=O. The molecule has 0 N–H and O–H groups in total. The predicted molar refractivity (Wildman–Crippen MR) is 98.8 cm³/mol. The Morgan fingerprint density at radius 3 is 2.29 bits per heavy atom. The van der Waals surface area contributed by atoms with Crippen molar-refractivity contribution in [3.8, 4) is 11.3 Å². The number of nitrogens with zero attached hydrogens (tertiary/aromatic N) is 3. The van der Waals surface area contributed by atoms with Crippen LogP contribution >= 0.6 is 11.6 Å². The van der Waals surface area contributed by atoms with Crippen molar-refractivity contribution < 1.29 is 22.8 Å². The molecule has 1 atom stereocenters. The van der Waals surface area contributed by atoms with Crippen molar-refractivity contribution in [2.75, 3.05) is 0 Å². The van der Waals surface area contributed by atoms with Crippen LogP contribution in [0.15, 0.2) is 12.3 Å². The number of halogens is 4. The molecule has 0 spiro atoms. The van der Waals surface area contributed by atoms with Gasteiger partial charge in [-0.3, -0.25) is 9.67 Å². The van der Waals surface area contributed by atoms with E-state index in [-0.39, 0.29) is 12.6 Å². The van der Waals surface area contributed by atoms with Crippen molar-refractivity contribution in [2.24, 2.45) is 5.92 Å². The van der Waals surface area contributed by atoms with Gasteiger partial charge in [0.1, 0.15) is 0 Å².